The summed E-state index contributed by atoms with van der Waals surface area (Å²) in [4.78, 5) is 9.40. The Labute approximate surface area is 170 Å². The van der Waals surface area contributed by atoms with Crippen LogP contribution in [0.1, 0.15) is 36.8 Å². The van der Waals surface area contributed by atoms with Gasteiger partial charge >= 0.3 is 0 Å². The minimum absolute atomic E-state index is 0.0766. The van der Waals surface area contributed by atoms with Gasteiger partial charge in [0, 0.05) is 32.5 Å². The Morgan fingerprint density at radius 3 is 1.62 bits per heavy atom. The van der Waals surface area contributed by atoms with Crippen molar-refractivity contribution in [3.63, 3.8) is 0 Å². The molecule has 3 rings (SSSR count). The molecule has 1 aliphatic rings. The summed E-state index contributed by atoms with van der Waals surface area (Å²) in [5.41, 5.74) is 1.38. The van der Waals surface area contributed by atoms with Gasteiger partial charge in [-0.05, 0) is 49.2 Å². The average Bonchev–Trinajstić information content (AvgIpc) is 2.64. The highest BCUT2D eigenvalue weighted by Crippen LogP contribution is 2.26. The zero-order chi connectivity index (χ0) is 18.5. The van der Waals surface area contributed by atoms with E-state index in [2.05, 4.69) is 31.9 Å². The maximum absolute atomic E-state index is 9.96. The van der Waals surface area contributed by atoms with Crippen LogP contribution in [0.5, 0.6) is 11.5 Å². The molecule has 136 valence electrons. The Morgan fingerprint density at radius 1 is 0.769 bits per heavy atom. The number of aromatic hydroxyl groups is 2. The lowest BCUT2D eigenvalue weighted by atomic mass is 9.91. The zero-order valence-electron chi connectivity index (χ0n) is 14.1. The summed E-state index contributed by atoms with van der Waals surface area (Å²) < 4.78 is 1.81. The number of rotatable bonds is 4. The van der Waals surface area contributed by atoms with Crippen LogP contribution in [-0.4, -0.2) is 34.7 Å². The number of aliphatic imine (C=N–C) groups is 2. The van der Waals surface area contributed by atoms with Gasteiger partial charge in [-0.2, -0.15) is 0 Å². The van der Waals surface area contributed by atoms with E-state index in [1.54, 1.807) is 36.7 Å². The number of nitrogens with zero attached hydrogens (tertiary/aromatic N) is 2. The second-order valence-corrected chi connectivity index (χ2v) is 8.21. The molecular formula is C20H20Br2N2O2. The van der Waals surface area contributed by atoms with E-state index in [4.69, 9.17) is 9.98 Å². The van der Waals surface area contributed by atoms with E-state index in [0.29, 0.717) is 11.1 Å². The van der Waals surface area contributed by atoms with Gasteiger partial charge in [0.15, 0.2) is 0 Å². The van der Waals surface area contributed by atoms with E-state index in [-0.39, 0.29) is 23.6 Å². The van der Waals surface area contributed by atoms with Crippen LogP contribution in [0.15, 0.2) is 55.3 Å². The Morgan fingerprint density at radius 2 is 1.19 bits per heavy atom. The number of phenols is 2. The first kappa shape index (κ1) is 19.1. The lowest BCUT2D eigenvalue weighted by Crippen LogP contribution is -2.27. The third-order valence-electron chi connectivity index (χ3n) is 4.48. The first-order valence-corrected chi connectivity index (χ1v) is 10.1. The molecule has 26 heavy (non-hydrogen) atoms. The normalized spacial score (nSPS) is 20.8. The van der Waals surface area contributed by atoms with Crippen LogP contribution >= 0.6 is 31.9 Å². The highest BCUT2D eigenvalue weighted by atomic mass is 79.9. The van der Waals surface area contributed by atoms with Crippen molar-refractivity contribution in [3.8, 4) is 11.5 Å². The van der Waals surface area contributed by atoms with E-state index >= 15 is 0 Å². The van der Waals surface area contributed by atoms with E-state index in [1.165, 1.54) is 0 Å². The molecule has 0 radical (unpaired) electrons. The topological polar surface area (TPSA) is 65.2 Å². The Hall–Kier alpha value is -1.66. The van der Waals surface area contributed by atoms with Crippen LogP contribution in [0, 0.1) is 0 Å². The van der Waals surface area contributed by atoms with Gasteiger partial charge in [0.25, 0.3) is 0 Å². The van der Waals surface area contributed by atoms with Gasteiger partial charge in [0.05, 0.1) is 12.1 Å². The Balaban J connectivity index is 1.77. The molecule has 6 heteroatoms. The fourth-order valence-corrected chi connectivity index (χ4v) is 3.81. The van der Waals surface area contributed by atoms with Crippen LogP contribution in [0.2, 0.25) is 0 Å². The predicted molar refractivity (Wildman–Crippen MR) is 113 cm³/mol. The maximum atomic E-state index is 9.96. The number of benzene rings is 2. The van der Waals surface area contributed by atoms with Crippen molar-refractivity contribution in [1.29, 1.82) is 0 Å². The molecule has 2 aromatic rings. The van der Waals surface area contributed by atoms with Crippen molar-refractivity contribution in [3.05, 3.63) is 56.5 Å². The van der Waals surface area contributed by atoms with Crippen LogP contribution < -0.4 is 0 Å². The smallest absolute Gasteiger partial charge is 0.124 e. The molecule has 0 aromatic heterocycles. The molecule has 0 spiro atoms. The molecule has 0 aliphatic heterocycles. The maximum Gasteiger partial charge on any atom is 0.124 e. The lowest BCUT2D eigenvalue weighted by Gasteiger charge is -2.25. The summed E-state index contributed by atoms with van der Waals surface area (Å²) in [7, 11) is 0. The van der Waals surface area contributed by atoms with Gasteiger partial charge in [0.1, 0.15) is 11.5 Å². The van der Waals surface area contributed by atoms with E-state index in [0.717, 1.165) is 34.6 Å². The summed E-state index contributed by atoms with van der Waals surface area (Å²) in [5.74, 6) is 0.429. The highest BCUT2D eigenvalue weighted by molar-refractivity contribution is 9.10. The first-order valence-electron chi connectivity index (χ1n) is 8.56. The highest BCUT2D eigenvalue weighted by Gasteiger charge is 2.23. The minimum atomic E-state index is 0.0766. The largest absolute Gasteiger partial charge is 0.507 e. The van der Waals surface area contributed by atoms with Gasteiger partial charge in [0.2, 0.25) is 0 Å². The minimum Gasteiger partial charge on any atom is -0.507 e. The summed E-state index contributed by atoms with van der Waals surface area (Å²) in [6, 6.07) is 10.7. The lowest BCUT2D eigenvalue weighted by molar-refractivity contribution is 0.390. The number of phenolic OH excluding ortho intramolecular Hbond substituents is 2. The van der Waals surface area contributed by atoms with Crippen molar-refractivity contribution in [2.75, 3.05) is 0 Å². The third-order valence-corrected chi connectivity index (χ3v) is 5.47. The van der Waals surface area contributed by atoms with Gasteiger partial charge in [-0.15, -0.1) is 0 Å². The quantitative estimate of drug-likeness (QED) is 0.571. The van der Waals surface area contributed by atoms with Crippen LogP contribution in [-0.2, 0) is 0 Å². The molecular weight excluding hydrogens is 460 g/mol. The molecule has 0 heterocycles. The van der Waals surface area contributed by atoms with Gasteiger partial charge in [-0.25, -0.2) is 0 Å². The fraction of sp³-hybridized carbons (Fsp3) is 0.300. The van der Waals surface area contributed by atoms with Gasteiger partial charge < -0.3 is 10.2 Å². The fourth-order valence-electron chi connectivity index (χ4n) is 3.05. The van der Waals surface area contributed by atoms with Crippen molar-refractivity contribution in [1.82, 2.24) is 0 Å². The number of hydrogen-bond acceptors (Lipinski definition) is 4. The molecule has 1 fully saturated rings. The monoisotopic (exact) mass is 478 g/mol. The van der Waals surface area contributed by atoms with Crippen molar-refractivity contribution in [2.24, 2.45) is 9.98 Å². The molecule has 2 atom stereocenters. The predicted octanol–water partition coefficient (Wildman–Crippen LogP) is 5.47. The van der Waals surface area contributed by atoms with Crippen molar-refractivity contribution in [2.45, 2.75) is 37.8 Å². The third kappa shape index (κ3) is 4.95. The standard InChI is InChI=1S/C20H20Br2N2O2/c21-15-5-7-19(25)13(9-15)11-23-17-3-1-2-4-18(17)24-12-14-10-16(22)6-8-20(14)26/h5-12,17-18,25-26H,1-4H2/t17-,18-/m1/s1. The zero-order valence-corrected chi connectivity index (χ0v) is 17.3. The van der Waals surface area contributed by atoms with E-state index < -0.39 is 0 Å². The molecule has 1 saturated carbocycles. The van der Waals surface area contributed by atoms with Crippen LogP contribution in [0.25, 0.3) is 0 Å². The summed E-state index contributed by atoms with van der Waals surface area (Å²) >= 11 is 6.83. The second kappa shape index (κ2) is 8.82. The summed E-state index contributed by atoms with van der Waals surface area (Å²) in [6.45, 7) is 0. The van der Waals surface area contributed by atoms with Gasteiger partial charge in [-0.3, -0.25) is 9.98 Å². The SMILES string of the molecule is Oc1ccc(Br)cc1C=N[C@@H]1CCCC[C@H]1N=Cc1cc(Br)ccc1O. The Bertz CT molecular complexity index is 767. The molecule has 2 aromatic carbocycles. The molecule has 0 saturated heterocycles. The van der Waals surface area contributed by atoms with E-state index in [1.807, 2.05) is 12.1 Å². The molecule has 0 amide bonds. The Kier molecular flexibility index (Phi) is 6.48. The second-order valence-electron chi connectivity index (χ2n) is 6.38. The average molecular weight is 480 g/mol. The van der Waals surface area contributed by atoms with Crippen LogP contribution in [0.3, 0.4) is 0 Å². The molecule has 0 unspecified atom stereocenters. The number of halogens is 2. The molecule has 1 aliphatic carbocycles. The summed E-state index contributed by atoms with van der Waals surface area (Å²) in [5, 5.41) is 19.9. The number of hydrogen-bond donors (Lipinski definition) is 2. The van der Waals surface area contributed by atoms with E-state index in [9.17, 15) is 10.2 Å². The molecule has 2 N–H and O–H groups in total. The van der Waals surface area contributed by atoms with Gasteiger partial charge in [-0.1, -0.05) is 44.7 Å². The molecule has 0 bridgehead atoms. The van der Waals surface area contributed by atoms with Crippen molar-refractivity contribution < 1.29 is 10.2 Å². The molecule has 4 nitrogen and oxygen atoms in total. The van der Waals surface area contributed by atoms with Crippen LogP contribution in [0.4, 0.5) is 0 Å². The first-order chi connectivity index (χ1) is 12.5. The summed E-state index contributed by atoms with van der Waals surface area (Å²) in [6.07, 6.45) is 7.65. The van der Waals surface area contributed by atoms with Crippen molar-refractivity contribution >= 4 is 44.3 Å².